The van der Waals surface area contributed by atoms with Gasteiger partial charge >= 0.3 is 0 Å². The van der Waals surface area contributed by atoms with Crippen LogP contribution in [-0.4, -0.2) is 6.04 Å². The van der Waals surface area contributed by atoms with Crippen molar-refractivity contribution < 1.29 is 0 Å². The number of allylic oxidation sites excluding steroid dienone is 5. The van der Waals surface area contributed by atoms with Crippen molar-refractivity contribution in [1.29, 1.82) is 0 Å². The Morgan fingerprint density at radius 2 is 1.27 bits per heavy atom. The lowest BCUT2D eigenvalue weighted by Crippen LogP contribution is -2.28. The lowest BCUT2D eigenvalue weighted by Gasteiger charge is -2.13. The number of hydrogen-bond acceptors (Lipinski definition) is 1. The van der Waals surface area contributed by atoms with Crippen molar-refractivity contribution in [3.8, 4) is 0 Å². The van der Waals surface area contributed by atoms with Crippen LogP contribution >= 0.6 is 9.90 Å². The first kappa shape index (κ1) is 29.4. The van der Waals surface area contributed by atoms with Gasteiger partial charge in [-0.2, -0.15) is 9.90 Å². The molecule has 1 nitrogen and oxygen atoms in total. The van der Waals surface area contributed by atoms with Crippen molar-refractivity contribution >= 4 is 9.90 Å². The van der Waals surface area contributed by atoms with Crippen LogP contribution in [0.5, 0.6) is 0 Å². The van der Waals surface area contributed by atoms with Gasteiger partial charge < -0.3 is 5.32 Å². The SMILES string of the molecule is C1=CCC=CC(NC2Cc3ccccc3C2)=C1.CC.CC.CC.CC.P. The smallest absolute Gasteiger partial charge is 0.0342 e. The molecule has 26 heavy (non-hydrogen) atoms. The molecule has 0 saturated carbocycles. The summed E-state index contributed by atoms with van der Waals surface area (Å²) in [4.78, 5) is 0. The van der Waals surface area contributed by atoms with Crippen LogP contribution in [0.1, 0.15) is 72.9 Å². The Bertz CT molecular complexity index is 476. The molecule has 2 aliphatic rings. The van der Waals surface area contributed by atoms with Gasteiger partial charge in [-0.25, -0.2) is 0 Å². The number of hydrogen-bond donors (Lipinski definition) is 1. The highest BCUT2D eigenvalue weighted by Gasteiger charge is 2.20. The van der Waals surface area contributed by atoms with Crippen LogP contribution in [0.3, 0.4) is 0 Å². The fourth-order valence-corrected chi connectivity index (χ4v) is 2.57. The van der Waals surface area contributed by atoms with Gasteiger partial charge in [-0.3, -0.25) is 0 Å². The van der Waals surface area contributed by atoms with E-state index in [0.29, 0.717) is 6.04 Å². The van der Waals surface area contributed by atoms with E-state index in [1.807, 2.05) is 55.4 Å². The van der Waals surface area contributed by atoms with Crippen molar-refractivity contribution in [2.24, 2.45) is 0 Å². The van der Waals surface area contributed by atoms with E-state index < -0.39 is 0 Å². The van der Waals surface area contributed by atoms with Crippen molar-refractivity contribution in [2.75, 3.05) is 0 Å². The Morgan fingerprint density at radius 1 is 0.769 bits per heavy atom. The second-order valence-electron chi connectivity index (χ2n) is 4.71. The Hall–Kier alpha value is -1.33. The van der Waals surface area contributed by atoms with Crippen molar-refractivity contribution in [2.45, 2.75) is 80.7 Å². The van der Waals surface area contributed by atoms with Gasteiger partial charge in [-0.1, -0.05) is 97.9 Å². The third-order valence-electron chi connectivity index (χ3n) is 3.40. The topological polar surface area (TPSA) is 12.0 Å². The Morgan fingerprint density at radius 3 is 1.77 bits per heavy atom. The maximum Gasteiger partial charge on any atom is 0.0342 e. The van der Waals surface area contributed by atoms with Gasteiger partial charge in [-0.15, -0.1) is 0 Å². The van der Waals surface area contributed by atoms with Crippen molar-refractivity contribution in [3.63, 3.8) is 0 Å². The lowest BCUT2D eigenvalue weighted by atomic mass is 10.1. The lowest BCUT2D eigenvalue weighted by molar-refractivity contribution is 0.604. The van der Waals surface area contributed by atoms with Gasteiger partial charge in [0.1, 0.15) is 0 Å². The largest absolute Gasteiger partial charge is 0.382 e. The minimum atomic E-state index is 0. The van der Waals surface area contributed by atoms with E-state index in [4.69, 9.17) is 0 Å². The van der Waals surface area contributed by atoms with Gasteiger partial charge in [0.15, 0.2) is 0 Å². The van der Waals surface area contributed by atoms with Crippen molar-refractivity contribution in [1.82, 2.24) is 5.32 Å². The number of benzene rings is 1. The highest BCUT2D eigenvalue weighted by Crippen LogP contribution is 2.22. The zero-order valence-corrected chi connectivity index (χ0v) is 20.0. The molecule has 2 heteroatoms. The predicted octanol–water partition coefficient (Wildman–Crippen LogP) is 7.31. The van der Waals surface area contributed by atoms with Gasteiger partial charge in [0.25, 0.3) is 0 Å². The van der Waals surface area contributed by atoms with Crippen LogP contribution in [0, 0.1) is 0 Å². The average Bonchev–Trinajstić information content (AvgIpc) is 2.95. The molecular formula is C24H44NP. The van der Waals surface area contributed by atoms with Gasteiger partial charge in [0, 0.05) is 11.7 Å². The normalized spacial score (nSPS) is 13.2. The molecule has 0 aliphatic heterocycles. The third kappa shape index (κ3) is 11.3. The number of fused-ring (bicyclic) bond motifs is 1. The minimum absolute atomic E-state index is 0. The van der Waals surface area contributed by atoms with Gasteiger partial charge in [-0.05, 0) is 42.5 Å². The van der Waals surface area contributed by atoms with E-state index in [0.717, 1.165) is 19.3 Å². The second-order valence-corrected chi connectivity index (χ2v) is 4.71. The zero-order valence-electron chi connectivity index (χ0n) is 18.6. The molecule has 1 unspecified atom stereocenters. The number of nitrogens with one attached hydrogen (secondary N) is 1. The summed E-state index contributed by atoms with van der Waals surface area (Å²) in [7, 11) is 0. The number of rotatable bonds is 2. The van der Waals surface area contributed by atoms with Crippen molar-refractivity contribution in [3.05, 3.63) is 71.5 Å². The highest BCUT2D eigenvalue weighted by atomic mass is 31.0. The van der Waals surface area contributed by atoms with Crippen LogP contribution in [0.25, 0.3) is 0 Å². The molecule has 0 radical (unpaired) electrons. The molecule has 0 fully saturated rings. The molecule has 0 saturated heterocycles. The molecule has 0 aromatic heterocycles. The Kier molecular flexibility index (Phi) is 24.6. The average molecular weight is 378 g/mol. The van der Waals surface area contributed by atoms with E-state index in [2.05, 4.69) is 60.0 Å². The molecule has 0 bridgehead atoms. The van der Waals surface area contributed by atoms with E-state index in [9.17, 15) is 0 Å². The van der Waals surface area contributed by atoms with Crippen LogP contribution in [-0.2, 0) is 12.8 Å². The van der Waals surface area contributed by atoms with E-state index in [1.165, 1.54) is 16.8 Å². The molecular weight excluding hydrogens is 333 g/mol. The molecule has 1 N–H and O–H groups in total. The molecule has 0 heterocycles. The molecule has 0 spiro atoms. The summed E-state index contributed by atoms with van der Waals surface area (Å²) in [6.45, 7) is 16.0. The summed E-state index contributed by atoms with van der Waals surface area (Å²) in [6, 6.07) is 9.31. The van der Waals surface area contributed by atoms with Crippen LogP contribution in [0.2, 0.25) is 0 Å². The maximum absolute atomic E-state index is 3.63. The van der Waals surface area contributed by atoms with E-state index in [1.54, 1.807) is 0 Å². The molecule has 2 aliphatic carbocycles. The molecule has 0 amide bonds. The summed E-state index contributed by atoms with van der Waals surface area (Å²) < 4.78 is 0. The Labute approximate surface area is 167 Å². The molecule has 1 aromatic carbocycles. The quantitative estimate of drug-likeness (QED) is 0.533. The summed E-state index contributed by atoms with van der Waals surface area (Å²) in [5.74, 6) is 0. The summed E-state index contributed by atoms with van der Waals surface area (Å²) in [5, 5.41) is 3.63. The summed E-state index contributed by atoms with van der Waals surface area (Å²) in [6.07, 6.45) is 14.2. The van der Waals surface area contributed by atoms with Crippen LogP contribution in [0.15, 0.2) is 60.3 Å². The molecule has 3 rings (SSSR count). The third-order valence-corrected chi connectivity index (χ3v) is 3.40. The Balaban J connectivity index is -0.000000524. The molecule has 1 aromatic rings. The monoisotopic (exact) mass is 377 g/mol. The molecule has 150 valence electrons. The minimum Gasteiger partial charge on any atom is -0.382 e. The van der Waals surface area contributed by atoms with Gasteiger partial charge in [0.05, 0.1) is 0 Å². The fraction of sp³-hybridized carbons (Fsp3) is 0.500. The van der Waals surface area contributed by atoms with E-state index >= 15 is 0 Å². The summed E-state index contributed by atoms with van der Waals surface area (Å²) >= 11 is 0. The zero-order chi connectivity index (χ0) is 19.5. The van der Waals surface area contributed by atoms with E-state index in [-0.39, 0.29) is 9.90 Å². The fourth-order valence-electron chi connectivity index (χ4n) is 2.57. The second kappa shape index (κ2) is 21.7. The summed E-state index contributed by atoms with van der Waals surface area (Å²) in [5.41, 5.74) is 4.23. The molecule has 1 atom stereocenters. The first-order valence-corrected chi connectivity index (χ1v) is 10.3. The first-order valence-electron chi connectivity index (χ1n) is 10.3. The highest BCUT2D eigenvalue weighted by molar-refractivity contribution is 6.92. The van der Waals surface area contributed by atoms with Gasteiger partial charge in [0.2, 0.25) is 0 Å². The van der Waals surface area contributed by atoms with Crippen LogP contribution < -0.4 is 5.32 Å². The predicted molar refractivity (Wildman–Crippen MR) is 128 cm³/mol. The maximum atomic E-state index is 3.63. The first-order chi connectivity index (χ1) is 12.4. The standard InChI is InChI=1S/C16H17N.4C2H6.H3P/c1-2-4-10-15(9-3-1)17-16-11-13-7-5-6-8-14(13)12-16;4*1-2;/h1,3-10,16-17H,2,11-12H2;4*1-2H3;1H3. The van der Waals surface area contributed by atoms with Crippen LogP contribution in [0.4, 0.5) is 0 Å².